The SMILES string of the molecule is CCC(O)C(=O)Nc1ncc(Cc2ccc(C)c(Cl)c2)s1. The number of thiazole rings is 1. The van der Waals surface area contributed by atoms with Crippen molar-refractivity contribution < 1.29 is 9.90 Å². The summed E-state index contributed by atoms with van der Waals surface area (Å²) < 4.78 is 0. The summed E-state index contributed by atoms with van der Waals surface area (Å²) in [7, 11) is 0. The predicted molar refractivity (Wildman–Crippen MR) is 86.0 cm³/mol. The summed E-state index contributed by atoms with van der Waals surface area (Å²) in [6.07, 6.45) is 1.83. The van der Waals surface area contributed by atoms with E-state index >= 15 is 0 Å². The second kappa shape index (κ2) is 7.02. The number of benzene rings is 1. The van der Waals surface area contributed by atoms with Gasteiger partial charge in [-0.3, -0.25) is 10.1 Å². The standard InChI is InChI=1S/C15H17ClN2O2S/c1-3-13(19)14(20)18-15-17-8-11(21-15)6-10-5-4-9(2)12(16)7-10/h4-5,7-8,13,19H,3,6H2,1-2H3,(H,17,18,20). The Morgan fingerprint density at radius 3 is 2.95 bits per heavy atom. The van der Waals surface area contributed by atoms with Gasteiger partial charge in [0.15, 0.2) is 5.13 Å². The number of hydrogen-bond donors (Lipinski definition) is 2. The van der Waals surface area contributed by atoms with E-state index in [-0.39, 0.29) is 0 Å². The minimum absolute atomic E-state index is 0.381. The average molecular weight is 325 g/mol. The summed E-state index contributed by atoms with van der Waals surface area (Å²) in [4.78, 5) is 16.8. The summed E-state index contributed by atoms with van der Waals surface area (Å²) >= 11 is 7.50. The monoisotopic (exact) mass is 324 g/mol. The highest BCUT2D eigenvalue weighted by Gasteiger charge is 2.14. The van der Waals surface area contributed by atoms with E-state index in [0.717, 1.165) is 21.0 Å². The van der Waals surface area contributed by atoms with Gasteiger partial charge in [-0.05, 0) is 30.5 Å². The van der Waals surface area contributed by atoms with E-state index < -0.39 is 12.0 Å². The van der Waals surface area contributed by atoms with Crippen molar-refractivity contribution in [3.63, 3.8) is 0 Å². The van der Waals surface area contributed by atoms with Crippen LogP contribution in [0.2, 0.25) is 5.02 Å². The minimum Gasteiger partial charge on any atom is -0.383 e. The van der Waals surface area contributed by atoms with Gasteiger partial charge in [-0.15, -0.1) is 11.3 Å². The summed E-state index contributed by atoms with van der Waals surface area (Å²) in [6.45, 7) is 3.71. The van der Waals surface area contributed by atoms with Gasteiger partial charge in [0.05, 0.1) is 0 Å². The molecule has 0 saturated carbocycles. The van der Waals surface area contributed by atoms with Crippen LogP contribution in [0.4, 0.5) is 5.13 Å². The molecule has 112 valence electrons. The van der Waals surface area contributed by atoms with Gasteiger partial charge in [0.1, 0.15) is 6.10 Å². The maximum atomic E-state index is 11.6. The van der Waals surface area contributed by atoms with Crippen molar-refractivity contribution in [3.05, 3.63) is 45.4 Å². The number of nitrogens with one attached hydrogen (secondary N) is 1. The molecule has 2 rings (SSSR count). The number of carbonyl (C=O) groups is 1. The molecule has 0 aliphatic carbocycles. The van der Waals surface area contributed by atoms with E-state index in [1.165, 1.54) is 11.3 Å². The molecule has 0 spiro atoms. The zero-order valence-corrected chi connectivity index (χ0v) is 13.5. The van der Waals surface area contributed by atoms with Gasteiger partial charge in [-0.25, -0.2) is 4.98 Å². The molecule has 4 nitrogen and oxygen atoms in total. The van der Waals surface area contributed by atoms with E-state index in [1.54, 1.807) is 13.1 Å². The number of rotatable bonds is 5. The van der Waals surface area contributed by atoms with Crippen LogP contribution >= 0.6 is 22.9 Å². The van der Waals surface area contributed by atoms with Crippen molar-refractivity contribution in [2.45, 2.75) is 32.8 Å². The zero-order valence-electron chi connectivity index (χ0n) is 11.9. The minimum atomic E-state index is -0.992. The number of nitrogens with zero attached hydrogens (tertiary/aromatic N) is 1. The van der Waals surface area contributed by atoms with Gasteiger partial charge >= 0.3 is 0 Å². The molecule has 0 aliphatic heterocycles. The first kappa shape index (κ1) is 15.9. The molecule has 1 amide bonds. The molecule has 0 saturated heterocycles. The van der Waals surface area contributed by atoms with Crippen LogP contribution in [0.25, 0.3) is 0 Å². The molecule has 1 unspecified atom stereocenters. The number of aliphatic hydroxyl groups is 1. The topological polar surface area (TPSA) is 62.2 Å². The molecule has 2 aromatic rings. The van der Waals surface area contributed by atoms with E-state index in [9.17, 15) is 9.90 Å². The molecule has 0 aliphatic rings. The van der Waals surface area contributed by atoms with Crippen LogP contribution in [0.3, 0.4) is 0 Å². The molecule has 0 fully saturated rings. The van der Waals surface area contributed by atoms with E-state index in [4.69, 9.17) is 11.6 Å². The third kappa shape index (κ3) is 4.27. The summed E-state index contributed by atoms with van der Waals surface area (Å²) in [5.41, 5.74) is 2.15. The Bertz CT molecular complexity index is 642. The first-order valence-electron chi connectivity index (χ1n) is 6.68. The third-order valence-electron chi connectivity index (χ3n) is 3.09. The number of aryl methyl sites for hydroxylation is 1. The summed E-state index contributed by atoms with van der Waals surface area (Å²) in [6, 6.07) is 5.95. The van der Waals surface area contributed by atoms with Gasteiger partial charge in [-0.1, -0.05) is 30.7 Å². The molecule has 6 heteroatoms. The molecule has 21 heavy (non-hydrogen) atoms. The van der Waals surface area contributed by atoms with Crippen LogP contribution in [-0.4, -0.2) is 22.1 Å². The molecule has 0 bridgehead atoms. The smallest absolute Gasteiger partial charge is 0.254 e. The second-order valence-corrected chi connectivity index (χ2v) is 6.33. The Labute approximate surface area is 132 Å². The number of aromatic nitrogens is 1. The Morgan fingerprint density at radius 1 is 1.52 bits per heavy atom. The largest absolute Gasteiger partial charge is 0.383 e. The van der Waals surface area contributed by atoms with Crippen molar-refractivity contribution in [1.82, 2.24) is 4.98 Å². The van der Waals surface area contributed by atoms with Crippen LogP contribution < -0.4 is 5.32 Å². The summed E-state index contributed by atoms with van der Waals surface area (Å²) in [5, 5.41) is 13.3. The number of amides is 1. The van der Waals surface area contributed by atoms with E-state index in [2.05, 4.69) is 10.3 Å². The lowest BCUT2D eigenvalue weighted by atomic mass is 10.1. The van der Waals surface area contributed by atoms with Crippen molar-refractivity contribution in [3.8, 4) is 0 Å². The molecule has 0 radical (unpaired) electrons. The highest BCUT2D eigenvalue weighted by Crippen LogP contribution is 2.24. The first-order chi connectivity index (χ1) is 9.99. The molecule has 1 aromatic carbocycles. The van der Waals surface area contributed by atoms with Crippen LogP contribution in [0.1, 0.15) is 29.3 Å². The average Bonchev–Trinajstić information content (AvgIpc) is 2.89. The number of anilines is 1. The highest BCUT2D eigenvalue weighted by atomic mass is 35.5. The normalized spacial score (nSPS) is 12.2. The lowest BCUT2D eigenvalue weighted by molar-refractivity contribution is -0.124. The molecule has 1 heterocycles. The Morgan fingerprint density at radius 2 is 2.29 bits per heavy atom. The quantitative estimate of drug-likeness (QED) is 0.886. The van der Waals surface area contributed by atoms with Gasteiger partial charge in [-0.2, -0.15) is 0 Å². The molecule has 2 N–H and O–H groups in total. The van der Waals surface area contributed by atoms with Crippen LogP contribution in [-0.2, 0) is 11.2 Å². The maximum Gasteiger partial charge on any atom is 0.254 e. The van der Waals surface area contributed by atoms with Crippen LogP contribution in [0.5, 0.6) is 0 Å². The second-order valence-electron chi connectivity index (χ2n) is 4.81. The zero-order chi connectivity index (χ0) is 15.4. The van der Waals surface area contributed by atoms with Gasteiger partial charge in [0.25, 0.3) is 5.91 Å². The van der Waals surface area contributed by atoms with Crippen LogP contribution in [0.15, 0.2) is 24.4 Å². The maximum absolute atomic E-state index is 11.6. The fourth-order valence-electron chi connectivity index (χ4n) is 1.77. The first-order valence-corrected chi connectivity index (χ1v) is 7.87. The Kier molecular flexibility index (Phi) is 5.33. The Balaban J connectivity index is 2.03. The van der Waals surface area contributed by atoms with Crippen molar-refractivity contribution in [2.24, 2.45) is 0 Å². The number of carbonyl (C=O) groups excluding carboxylic acids is 1. The third-order valence-corrected chi connectivity index (χ3v) is 4.41. The predicted octanol–water partition coefficient (Wildman–Crippen LogP) is 3.41. The number of hydrogen-bond acceptors (Lipinski definition) is 4. The molecular formula is C15H17ClN2O2S. The van der Waals surface area contributed by atoms with Crippen LogP contribution in [0, 0.1) is 6.92 Å². The Hall–Kier alpha value is -1.43. The fraction of sp³-hybridized carbons (Fsp3) is 0.333. The highest BCUT2D eigenvalue weighted by molar-refractivity contribution is 7.15. The molecular weight excluding hydrogens is 308 g/mol. The van der Waals surface area contributed by atoms with Crippen molar-refractivity contribution in [2.75, 3.05) is 5.32 Å². The van der Waals surface area contributed by atoms with E-state index in [1.807, 2.05) is 25.1 Å². The van der Waals surface area contributed by atoms with Crippen molar-refractivity contribution >= 4 is 34.0 Å². The summed E-state index contributed by atoms with van der Waals surface area (Å²) in [5.74, 6) is -0.420. The van der Waals surface area contributed by atoms with Gasteiger partial charge in [0, 0.05) is 22.5 Å². The number of aliphatic hydroxyl groups excluding tert-OH is 1. The van der Waals surface area contributed by atoms with Gasteiger partial charge < -0.3 is 5.11 Å². The lowest BCUT2D eigenvalue weighted by Gasteiger charge is -2.05. The van der Waals surface area contributed by atoms with E-state index in [0.29, 0.717) is 18.0 Å². The van der Waals surface area contributed by atoms with Crippen molar-refractivity contribution in [1.29, 1.82) is 0 Å². The molecule has 1 atom stereocenters. The fourth-order valence-corrected chi connectivity index (χ4v) is 2.82. The number of halogens is 1. The molecule has 1 aromatic heterocycles. The van der Waals surface area contributed by atoms with Gasteiger partial charge in [0.2, 0.25) is 0 Å². The lowest BCUT2D eigenvalue weighted by Crippen LogP contribution is -2.26.